The van der Waals surface area contributed by atoms with E-state index in [1.165, 1.54) is 29.5 Å². The molecule has 0 spiro atoms. The van der Waals surface area contributed by atoms with Crippen LogP contribution in [0.2, 0.25) is 0 Å². The van der Waals surface area contributed by atoms with Crippen molar-refractivity contribution in [2.75, 3.05) is 5.32 Å². The molecule has 2 rings (SSSR count). The van der Waals surface area contributed by atoms with Crippen LogP contribution in [0.15, 0.2) is 24.3 Å². The fraction of sp³-hybridized carbons (Fsp3) is 0.182. The molecule has 1 heterocycles. The molecule has 7 nitrogen and oxygen atoms in total. The average Bonchev–Trinajstić information content (AvgIpc) is 2.86. The molecule has 19 heavy (non-hydrogen) atoms. The van der Waals surface area contributed by atoms with Crippen LogP contribution in [-0.2, 0) is 6.42 Å². The van der Waals surface area contributed by atoms with Gasteiger partial charge in [0.05, 0.1) is 4.92 Å². The summed E-state index contributed by atoms with van der Waals surface area (Å²) < 4.78 is 0. The fourth-order valence-corrected chi connectivity index (χ4v) is 2.11. The molecule has 8 heteroatoms. The summed E-state index contributed by atoms with van der Waals surface area (Å²) in [4.78, 5) is 22.2. The van der Waals surface area contributed by atoms with E-state index in [1.807, 2.05) is 6.92 Å². The third kappa shape index (κ3) is 2.91. The first-order valence-corrected chi connectivity index (χ1v) is 6.30. The number of carbonyl (C=O) groups is 1. The van der Waals surface area contributed by atoms with Gasteiger partial charge in [-0.25, -0.2) is 0 Å². The van der Waals surface area contributed by atoms with Gasteiger partial charge in [-0.2, -0.15) is 0 Å². The number of rotatable bonds is 4. The van der Waals surface area contributed by atoms with Gasteiger partial charge in [-0.3, -0.25) is 20.2 Å². The molecule has 0 radical (unpaired) electrons. The summed E-state index contributed by atoms with van der Waals surface area (Å²) in [7, 11) is 0. The minimum absolute atomic E-state index is 0.000693. The van der Waals surface area contributed by atoms with E-state index in [-0.39, 0.29) is 11.3 Å². The number of nitro benzene ring substituents is 1. The SMILES string of the molecule is CCc1nnc(NC(=O)c2ccccc2[N+](=O)[O-])s1. The molecule has 0 unspecified atom stereocenters. The number of nitrogens with one attached hydrogen (secondary N) is 1. The van der Waals surface area contributed by atoms with Gasteiger partial charge in [-0.05, 0) is 12.5 Å². The lowest BCUT2D eigenvalue weighted by molar-refractivity contribution is -0.385. The van der Waals surface area contributed by atoms with Crippen LogP contribution in [0.3, 0.4) is 0 Å². The Bertz CT molecular complexity index is 626. The lowest BCUT2D eigenvalue weighted by Gasteiger charge is -2.01. The predicted octanol–water partition coefficient (Wildman–Crippen LogP) is 2.26. The van der Waals surface area contributed by atoms with Gasteiger partial charge in [0, 0.05) is 6.07 Å². The van der Waals surface area contributed by atoms with Crippen molar-refractivity contribution in [3.05, 3.63) is 45.0 Å². The van der Waals surface area contributed by atoms with Crippen LogP contribution in [0.5, 0.6) is 0 Å². The first kappa shape index (κ1) is 13.1. The number of para-hydroxylation sites is 1. The van der Waals surface area contributed by atoms with Gasteiger partial charge >= 0.3 is 0 Å². The van der Waals surface area contributed by atoms with Crippen LogP contribution in [0.4, 0.5) is 10.8 Å². The number of carbonyl (C=O) groups excluding carboxylic acids is 1. The van der Waals surface area contributed by atoms with Crippen molar-refractivity contribution in [3.8, 4) is 0 Å². The second-order valence-electron chi connectivity index (χ2n) is 3.58. The smallest absolute Gasteiger partial charge is 0.282 e. The Morgan fingerprint density at radius 1 is 1.42 bits per heavy atom. The number of benzene rings is 1. The van der Waals surface area contributed by atoms with E-state index in [0.717, 1.165) is 11.4 Å². The number of hydrogen-bond donors (Lipinski definition) is 1. The minimum Gasteiger partial charge on any atom is -0.296 e. The van der Waals surface area contributed by atoms with Gasteiger partial charge in [0.1, 0.15) is 10.6 Å². The second kappa shape index (κ2) is 5.53. The average molecular weight is 278 g/mol. The molecule has 0 aliphatic heterocycles. The van der Waals surface area contributed by atoms with Crippen LogP contribution in [-0.4, -0.2) is 21.0 Å². The molecular formula is C11H10N4O3S. The van der Waals surface area contributed by atoms with E-state index >= 15 is 0 Å². The number of aromatic nitrogens is 2. The van der Waals surface area contributed by atoms with E-state index in [0.29, 0.717) is 5.13 Å². The van der Waals surface area contributed by atoms with Crippen molar-refractivity contribution in [1.29, 1.82) is 0 Å². The maximum Gasteiger partial charge on any atom is 0.282 e. The van der Waals surface area contributed by atoms with E-state index < -0.39 is 10.8 Å². The molecule has 98 valence electrons. The lowest BCUT2D eigenvalue weighted by atomic mass is 10.1. The number of hydrogen-bond acceptors (Lipinski definition) is 6. The number of nitro groups is 1. The van der Waals surface area contributed by atoms with Crippen LogP contribution in [0.1, 0.15) is 22.3 Å². The highest BCUT2D eigenvalue weighted by molar-refractivity contribution is 7.15. The Balaban J connectivity index is 2.22. The second-order valence-corrected chi connectivity index (χ2v) is 4.64. The zero-order chi connectivity index (χ0) is 13.8. The third-order valence-electron chi connectivity index (χ3n) is 2.34. The van der Waals surface area contributed by atoms with Crippen LogP contribution >= 0.6 is 11.3 Å². The highest BCUT2D eigenvalue weighted by Gasteiger charge is 2.20. The van der Waals surface area contributed by atoms with Crippen molar-refractivity contribution < 1.29 is 9.72 Å². The van der Waals surface area contributed by atoms with Crippen LogP contribution in [0, 0.1) is 10.1 Å². The van der Waals surface area contributed by atoms with Gasteiger partial charge in [-0.1, -0.05) is 30.4 Å². The van der Waals surface area contributed by atoms with E-state index in [9.17, 15) is 14.9 Å². The fourth-order valence-electron chi connectivity index (χ4n) is 1.44. The number of nitrogens with zero attached hydrogens (tertiary/aromatic N) is 3. The Morgan fingerprint density at radius 3 is 2.79 bits per heavy atom. The van der Waals surface area contributed by atoms with Crippen molar-refractivity contribution in [2.45, 2.75) is 13.3 Å². The summed E-state index contributed by atoms with van der Waals surface area (Å²) in [5, 5.41) is 22.1. The molecule has 0 saturated carbocycles. The van der Waals surface area contributed by atoms with Crippen molar-refractivity contribution >= 4 is 28.1 Å². The number of aryl methyl sites for hydroxylation is 1. The molecule has 0 aliphatic carbocycles. The van der Waals surface area contributed by atoms with Gasteiger partial charge in [0.2, 0.25) is 5.13 Å². The summed E-state index contributed by atoms with van der Waals surface area (Å²) in [5.41, 5.74) is -0.235. The molecule has 1 aromatic carbocycles. The Labute approximate surface area is 112 Å². The van der Waals surface area contributed by atoms with E-state index in [2.05, 4.69) is 15.5 Å². The Kier molecular flexibility index (Phi) is 3.81. The molecule has 0 saturated heterocycles. The zero-order valence-electron chi connectivity index (χ0n) is 9.99. The molecule has 2 aromatic rings. The van der Waals surface area contributed by atoms with Gasteiger partial charge in [-0.15, -0.1) is 10.2 Å². The topological polar surface area (TPSA) is 98.0 Å². The maximum absolute atomic E-state index is 12.0. The lowest BCUT2D eigenvalue weighted by Crippen LogP contribution is -2.13. The minimum atomic E-state index is -0.591. The summed E-state index contributed by atoms with van der Waals surface area (Å²) in [6, 6.07) is 5.76. The molecule has 0 bridgehead atoms. The third-order valence-corrected chi connectivity index (χ3v) is 3.32. The summed E-state index contributed by atoms with van der Waals surface area (Å²) in [6.07, 6.45) is 0.721. The molecule has 1 amide bonds. The molecule has 0 aliphatic rings. The molecule has 1 N–H and O–H groups in total. The standard InChI is InChI=1S/C11H10N4O3S/c1-2-9-13-14-11(19-9)12-10(16)7-5-3-4-6-8(7)15(17)18/h3-6H,2H2,1H3,(H,12,14,16). The maximum atomic E-state index is 12.0. The Hall–Kier alpha value is -2.35. The molecule has 1 aromatic heterocycles. The summed E-state index contributed by atoms with van der Waals surface area (Å²) in [5.74, 6) is -0.564. The highest BCUT2D eigenvalue weighted by atomic mass is 32.1. The first-order chi connectivity index (χ1) is 9.11. The monoisotopic (exact) mass is 278 g/mol. The van der Waals surface area contributed by atoms with Gasteiger partial charge < -0.3 is 0 Å². The van der Waals surface area contributed by atoms with Crippen molar-refractivity contribution in [3.63, 3.8) is 0 Å². The van der Waals surface area contributed by atoms with E-state index in [1.54, 1.807) is 6.07 Å². The number of anilines is 1. The van der Waals surface area contributed by atoms with Crippen LogP contribution < -0.4 is 5.32 Å². The van der Waals surface area contributed by atoms with E-state index in [4.69, 9.17) is 0 Å². The Morgan fingerprint density at radius 2 is 2.16 bits per heavy atom. The predicted molar refractivity (Wildman–Crippen MR) is 70.3 cm³/mol. The quantitative estimate of drug-likeness (QED) is 0.683. The molecule has 0 atom stereocenters. The summed E-state index contributed by atoms with van der Waals surface area (Å²) >= 11 is 1.25. The molecule has 0 fully saturated rings. The zero-order valence-corrected chi connectivity index (χ0v) is 10.8. The number of amides is 1. The van der Waals surface area contributed by atoms with Gasteiger partial charge in [0.25, 0.3) is 11.6 Å². The van der Waals surface area contributed by atoms with Crippen LogP contribution in [0.25, 0.3) is 0 Å². The van der Waals surface area contributed by atoms with Crippen molar-refractivity contribution in [1.82, 2.24) is 10.2 Å². The van der Waals surface area contributed by atoms with Crippen molar-refractivity contribution in [2.24, 2.45) is 0 Å². The normalized spacial score (nSPS) is 10.2. The first-order valence-electron chi connectivity index (χ1n) is 5.49. The molecular weight excluding hydrogens is 268 g/mol. The summed E-state index contributed by atoms with van der Waals surface area (Å²) in [6.45, 7) is 1.92. The largest absolute Gasteiger partial charge is 0.296 e. The highest BCUT2D eigenvalue weighted by Crippen LogP contribution is 2.21. The van der Waals surface area contributed by atoms with Gasteiger partial charge in [0.15, 0.2) is 0 Å².